The Kier molecular flexibility index (Phi) is 5.49. The molecule has 27 heavy (non-hydrogen) atoms. The number of benzene rings is 1. The zero-order chi connectivity index (χ0) is 19.4. The average molecular weight is 376 g/mol. The molecule has 1 saturated heterocycles. The minimum absolute atomic E-state index is 0.0851. The molecular weight excluding hydrogens is 358 g/mol. The molecule has 1 aliphatic heterocycles. The molecule has 0 radical (unpaired) electrons. The van der Waals surface area contributed by atoms with Gasteiger partial charge in [-0.25, -0.2) is 4.98 Å². The van der Waals surface area contributed by atoms with Gasteiger partial charge in [0.15, 0.2) is 0 Å². The van der Waals surface area contributed by atoms with E-state index in [0.717, 1.165) is 0 Å². The minimum Gasteiger partial charge on any atom is -0.434 e. The van der Waals surface area contributed by atoms with Gasteiger partial charge in [0.05, 0.1) is 11.1 Å². The summed E-state index contributed by atoms with van der Waals surface area (Å²) in [6.45, 7) is -1.46. The summed E-state index contributed by atoms with van der Waals surface area (Å²) in [5.74, 6) is -0.643. The van der Waals surface area contributed by atoms with E-state index in [9.17, 15) is 18.4 Å². The zero-order valence-corrected chi connectivity index (χ0v) is 14.3. The topological polar surface area (TPSA) is 88.8 Å². The summed E-state index contributed by atoms with van der Waals surface area (Å²) in [5, 5.41) is 0. The van der Waals surface area contributed by atoms with Gasteiger partial charge in [-0.2, -0.15) is 8.78 Å². The Bertz CT molecular complexity index is 839. The second kappa shape index (κ2) is 7.98. The molecule has 1 aromatic heterocycles. The number of amides is 2. The molecule has 1 fully saturated rings. The molecule has 0 spiro atoms. The molecule has 0 aliphatic carbocycles. The van der Waals surface area contributed by atoms with Gasteiger partial charge in [0.1, 0.15) is 11.6 Å². The van der Waals surface area contributed by atoms with Gasteiger partial charge in [-0.15, -0.1) is 0 Å². The molecular formula is C18H18F2N4O3. The SMILES string of the molecule is NC(=O)c1cccnc1N1CCN(C(=O)c2ccccc2OC(F)F)CC1. The molecule has 3 rings (SSSR count). The highest BCUT2D eigenvalue weighted by molar-refractivity contribution is 5.98. The molecule has 0 atom stereocenters. The summed E-state index contributed by atoms with van der Waals surface area (Å²) in [6, 6.07) is 9.14. The van der Waals surface area contributed by atoms with Crippen molar-refractivity contribution in [2.24, 2.45) is 5.73 Å². The molecule has 2 N–H and O–H groups in total. The van der Waals surface area contributed by atoms with Crippen molar-refractivity contribution >= 4 is 17.6 Å². The first-order valence-electron chi connectivity index (χ1n) is 8.30. The second-order valence-electron chi connectivity index (χ2n) is 5.89. The maximum Gasteiger partial charge on any atom is 0.387 e. The highest BCUT2D eigenvalue weighted by Gasteiger charge is 2.27. The standard InChI is InChI=1S/C18H18F2N4O3/c19-18(20)27-14-6-2-1-4-12(14)17(26)24-10-8-23(9-11-24)16-13(15(21)25)5-3-7-22-16/h1-7,18H,8-11H2,(H2,21,25). The fourth-order valence-electron chi connectivity index (χ4n) is 2.98. The number of rotatable bonds is 5. The Morgan fingerprint density at radius 3 is 2.37 bits per heavy atom. The predicted molar refractivity (Wildman–Crippen MR) is 93.9 cm³/mol. The monoisotopic (exact) mass is 376 g/mol. The molecule has 142 valence electrons. The second-order valence-corrected chi connectivity index (χ2v) is 5.89. The summed E-state index contributed by atoms with van der Waals surface area (Å²) in [5.41, 5.74) is 5.78. The van der Waals surface area contributed by atoms with Crippen molar-refractivity contribution in [1.29, 1.82) is 0 Å². The lowest BCUT2D eigenvalue weighted by molar-refractivity contribution is -0.0502. The van der Waals surface area contributed by atoms with E-state index < -0.39 is 12.5 Å². The van der Waals surface area contributed by atoms with E-state index in [1.165, 1.54) is 18.2 Å². The molecule has 1 aromatic carbocycles. The summed E-state index contributed by atoms with van der Waals surface area (Å²) in [4.78, 5) is 31.9. The summed E-state index contributed by atoms with van der Waals surface area (Å²) in [7, 11) is 0. The van der Waals surface area contributed by atoms with Gasteiger partial charge in [-0.05, 0) is 24.3 Å². The Balaban J connectivity index is 1.72. The number of aromatic nitrogens is 1. The van der Waals surface area contributed by atoms with Crippen LogP contribution in [0.25, 0.3) is 0 Å². The van der Waals surface area contributed by atoms with Crippen LogP contribution in [0.4, 0.5) is 14.6 Å². The van der Waals surface area contributed by atoms with Crippen molar-refractivity contribution in [3.8, 4) is 5.75 Å². The van der Waals surface area contributed by atoms with Gasteiger partial charge in [-0.3, -0.25) is 9.59 Å². The van der Waals surface area contributed by atoms with Crippen LogP contribution < -0.4 is 15.4 Å². The maximum absolute atomic E-state index is 12.7. The lowest BCUT2D eigenvalue weighted by Crippen LogP contribution is -2.49. The molecule has 2 aromatic rings. The largest absolute Gasteiger partial charge is 0.434 e. The highest BCUT2D eigenvalue weighted by atomic mass is 19.3. The van der Waals surface area contributed by atoms with Crippen LogP contribution in [0.1, 0.15) is 20.7 Å². The van der Waals surface area contributed by atoms with Crippen LogP contribution in [0, 0.1) is 0 Å². The number of anilines is 1. The van der Waals surface area contributed by atoms with Gasteiger partial charge in [0.25, 0.3) is 11.8 Å². The Morgan fingerprint density at radius 2 is 1.70 bits per heavy atom. The van der Waals surface area contributed by atoms with Crippen LogP contribution in [0.5, 0.6) is 5.75 Å². The van der Waals surface area contributed by atoms with Crippen molar-refractivity contribution in [2.45, 2.75) is 6.61 Å². The van der Waals surface area contributed by atoms with Crippen molar-refractivity contribution in [3.63, 3.8) is 0 Å². The Morgan fingerprint density at radius 1 is 1.04 bits per heavy atom. The fourth-order valence-corrected chi connectivity index (χ4v) is 2.98. The summed E-state index contributed by atoms with van der Waals surface area (Å²) in [6.07, 6.45) is 1.57. The number of carbonyl (C=O) groups excluding carboxylic acids is 2. The van der Waals surface area contributed by atoms with Crippen molar-refractivity contribution < 1.29 is 23.1 Å². The third-order valence-electron chi connectivity index (χ3n) is 4.25. The van der Waals surface area contributed by atoms with Crippen LogP contribution in [-0.2, 0) is 0 Å². The summed E-state index contributed by atoms with van der Waals surface area (Å²) >= 11 is 0. The summed E-state index contributed by atoms with van der Waals surface area (Å²) < 4.78 is 29.5. The van der Waals surface area contributed by atoms with E-state index in [2.05, 4.69) is 9.72 Å². The van der Waals surface area contributed by atoms with Crippen LogP contribution >= 0.6 is 0 Å². The van der Waals surface area contributed by atoms with Gasteiger partial charge in [-0.1, -0.05) is 12.1 Å². The fraction of sp³-hybridized carbons (Fsp3) is 0.278. The third kappa shape index (κ3) is 4.13. The number of alkyl halides is 2. The number of carbonyl (C=O) groups is 2. The van der Waals surface area contributed by atoms with E-state index in [1.807, 2.05) is 4.90 Å². The lowest BCUT2D eigenvalue weighted by atomic mass is 10.1. The smallest absolute Gasteiger partial charge is 0.387 e. The number of nitrogens with two attached hydrogens (primary N) is 1. The maximum atomic E-state index is 12.7. The quantitative estimate of drug-likeness (QED) is 0.859. The number of para-hydroxylation sites is 1. The number of primary amides is 1. The number of pyridine rings is 1. The highest BCUT2D eigenvalue weighted by Crippen LogP contribution is 2.24. The lowest BCUT2D eigenvalue weighted by Gasteiger charge is -2.36. The zero-order valence-electron chi connectivity index (χ0n) is 14.3. The van der Waals surface area contributed by atoms with Crippen LogP contribution in [-0.4, -0.2) is 54.5 Å². The van der Waals surface area contributed by atoms with E-state index in [-0.39, 0.29) is 17.2 Å². The molecule has 1 aliphatic rings. The number of hydrogen-bond acceptors (Lipinski definition) is 5. The first-order valence-corrected chi connectivity index (χ1v) is 8.30. The predicted octanol–water partition coefficient (Wildman–Crippen LogP) is 1.74. The molecule has 2 heterocycles. The Hall–Kier alpha value is -3.23. The van der Waals surface area contributed by atoms with Crippen LogP contribution in [0.2, 0.25) is 0 Å². The number of hydrogen-bond donors (Lipinski definition) is 1. The van der Waals surface area contributed by atoms with Crippen molar-refractivity contribution in [2.75, 3.05) is 31.1 Å². The van der Waals surface area contributed by atoms with Gasteiger partial charge in [0.2, 0.25) is 0 Å². The van der Waals surface area contributed by atoms with E-state index >= 15 is 0 Å². The van der Waals surface area contributed by atoms with E-state index in [4.69, 9.17) is 5.73 Å². The first kappa shape index (κ1) is 18.6. The van der Waals surface area contributed by atoms with E-state index in [0.29, 0.717) is 37.6 Å². The minimum atomic E-state index is -3.01. The number of halogens is 2. The molecule has 2 amide bonds. The van der Waals surface area contributed by atoms with Gasteiger partial charge >= 0.3 is 6.61 Å². The number of nitrogens with zero attached hydrogens (tertiary/aromatic N) is 3. The molecule has 0 unspecified atom stereocenters. The normalized spacial score (nSPS) is 14.3. The Labute approximate surface area is 154 Å². The van der Waals surface area contributed by atoms with Gasteiger partial charge < -0.3 is 20.3 Å². The average Bonchev–Trinajstić information content (AvgIpc) is 2.67. The van der Waals surface area contributed by atoms with Gasteiger partial charge in [0, 0.05) is 32.4 Å². The number of piperazine rings is 1. The van der Waals surface area contributed by atoms with E-state index in [1.54, 1.807) is 29.3 Å². The van der Waals surface area contributed by atoms with Crippen molar-refractivity contribution in [3.05, 3.63) is 53.7 Å². The molecule has 9 heteroatoms. The van der Waals surface area contributed by atoms with Crippen molar-refractivity contribution in [1.82, 2.24) is 9.88 Å². The number of ether oxygens (including phenoxy) is 1. The van der Waals surface area contributed by atoms with Crippen LogP contribution in [0.15, 0.2) is 42.6 Å². The molecule has 0 bridgehead atoms. The van der Waals surface area contributed by atoms with Crippen LogP contribution in [0.3, 0.4) is 0 Å². The molecule has 7 nitrogen and oxygen atoms in total. The molecule has 0 saturated carbocycles. The first-order chi connectivity index (χ1) is 13.0. The third-order valence-corrected chi connectivity index (χ3v) is 4.25.